The third kappa shape index (κ3) is 3.32. The minimum Gasteiger partial charge on any atom is -0.454 e. The highest BCUT2D eigenvalue weighted by molar-refractivity contribution is 5.94. The molecule has 1 amide bonds. The number of amides is 1. The monoisotopic (exact) mass is 324 g/mol. The van der Waals surface area contributed by atoms with E-state index in [4.69, 9.17) is 15.2 Å². The number of fused-ring (bicyclic) bond motifs is 1. The maximum Gasteiger partial charge on any atom is 0.231 e. The first kappa shape index (κ1) is 16.1. The van der Waals surface area contributed by atoms with Gasteiger partial charge < -0.3 is 20.5 Å². The molecular weight excluding hydrogens is 308 g/mol. The Morgan fingerprint density at radius 2 is 2.18 bits per heavy atom. The lowest BCUT2D eigenvalue weighted by Gasteiger charge is -2.06. The number of rotatable bonds is 5. The summed E-state index contributed by atoms with van der Waals surface area (Å²) in [5.41, 5.74) is 7.09. The molecule has 1 aliphatic heterocycles. The normalized spacial score (nSPS) is 11.9. The van der Waals surface area contributed by atoms with Gasteiger partial charge in [0.15, 0.2) is 11.5 Å². The van der Waals surface area contributed by atoms with E-state index in [0.29, 0.717) is 31.0 Å². The second-order valence-electron chi connectivity index (χ2n) is 4.67. The van der Waals surface area contributed by atoms with Crippen molar-refractivity contribution in [1.82, 2.24) is 10.2 Å². The van der Waals surface area contributed by atoms with Crippen LogP contribution in [0.4, 0.5) is 5.82 Å². The van der Waals surface area contributed by atoms with E-state index < -0.39 is 0 Å². The van der Waals surface area contributed by atoms with E-state index in [0.717, 1.165) is 16.9 Å². The van der Waals surface area contributed by atoms with Crippen LogP contribution >= 0.6 is 12.4 Å². The van der Waals surface area contributed by atoms with Crippen LogP contribution < -0.4 is 20.5 Å². The lowest BCUT2D eigenvalue weighted by atomic mass is 10.1. The number of hydrogen-bond acceptors (Lipinski definition) is 5. The van der Waals surface area contributed by atoms with Gasteiger partial charge in [-0.1, -0.05) is 6.07 Å². The smallest absolute Gasteiger partial charge is 0.231 e. The van der Waals surface area contributed by atoms with E-state index in [-0.39, 0.29) is 25.1 Å². The molecule has 7 nitrogen and oxygen atoms in total. The lowest BCUT2D eigenvalue weighted by molar-refractivity contribution is -0.116. The van der Waals surface area contributed by atoms with Gasteiger partial charge in [0.2, 0.25) is 12.7 Å². The fourth-order valence-corrected chi connectivity index (χ4v) is 2.13. The number of H-pyrrole nitrogens is 1. The van der Waals surface area contributed by atoms with Gasteiger partial charge in [-0.3, -0.25) is 9.89 Å². The summed E-state index contributed by atoms with van der Waals surface area (Å²) in [6.07, 6.45) is 2.70. The van der Waals surface area contributed by atoms with Crippen LogP contribution in [-0.2, 0) is 4.79 Å². The molecule has 0 atom stereocenters. The van der Waals surface area contributed by atoms with E-state index >= 15 is 0 Å². The first-order valence-corrected chi connectivity index (χ1v) is 6.71. The van der Waals surface area contributed by atoms with Gasteiger partial charge in [0.1, 0.15) is 5.82 Å². The summed E-state index contributed by atoms with van der Waals surface area (Å²) in [6.45, 7) is 0.721. The van der Waals surface area contributed by atoms with Gasteiger partial charge in [0, 0.05) is 12.0 Å². The minimum atomic E-state index is -0.0910. The molecule has 0 radical (unpaired) electrons. The van der Waals surface area contributed by atoms with Crippen molar-refractivity contribution < 1.29 is 14.3 Å². The number of nitrogens with two attached hydrogens (primary N) is 1. The molecule has 0 spiro atoms. The number of anilines is 1. The van der Waals surface area contributed by atoms with Crippen molar-refractivity contribution in [3.05, 3.63) is 24.4 Å². The van der Waals surface area contributed by atoms with Crippen LogP contribution in [0.2, 0.25) is 0 Å². The highest BCUT2D eigenvalue weighted by atomic mass is 35.5. The summed E-state index contributed by atoms with van der Waals surface area (Å²) >= 11 is 0. The van der Waals surface area contributed by atoms with Gasteiger partial charge in [-0.05, 0) is 30.7 Å². The quantitative estimate of drug-likeness (QED) is 0.779. The zero-order valence-electron chi connectivity index (χ0n) is 11.8. The summed E-state index contributed by atoms with van der Waals surface area (Å²) in [5.74, 6) is 1.88. The standard InChI is InChI=1S/C14H16N4O3.ClH/c15-5-1-2-13(19)17-14-10(7-16-18-14)9-3-4-11-12(6-9)21-8-20-11;/h3-4,6-7H,1-2,5,8,15H2,(H2,16,17,18,19);1H. The van der Waals surface area contributed by atoms with Crippen LogP contribution in [0, 0.1) is 0 Å². The summed E-state index contributed by atoms with van der Waals surface area (Å²) in [6, 6.07) is 5.60. The van der Waals surface area contributed by atoms with Crippen molar-refractivity contribution in [3.63, 3.8) is 0 Å². The number of aromatic amines is 1. The predicted molar refractivity (Wildman–Crippen MR) is 84.3 cm³/mol. The minimum absolute atomic E-state index is 0. The van der Waals surface area contributed by atoms with Gasteiger partial charge in [0.05, 0.1) is 6.20 Å². The Labute approximate surface area is 133 Å². The third-order valence-electron chi connectivity index (χ3n) is 3.20. The van der Waals surface area contributed by atoms with Crippen molar-refractivity contribution in [2.45, 2.75) is 12.8 Å². The van der Waals surface area contributed by atoms with E-state index in [1.165, 1.54) is 0 Å². The van der Waals surface area contributed by atoms with Crippen LogP contribution in [0.25, 0.3) is 11.1 Å². The average Bonchev–Trinajstić information content (AvgIpc) is 3.12. The average molecular weight is 325 g/mol. The summed E-state index contributed by atoms with van der Waals surface area (Å²) in [7, 11) is 0. The van der Waals surface area contributed by atoms with Crippen molar-refractivity contribution in [1.29, 1.82) is 0 Å². The van der Waals surface area contributed by atoms with Gasteiger partial charge in [0.25, 0.3) is 0 Å². The fourth-order valence-electron chi connectivity index (χ4n) is 2.13. The van der Waals surface area contributed by atoms with Crippen molar-refractivity contribution in [3.8, 4) is 22.6 Å². The highest BCUT2D eigenvalue weighted by Crippen LogP contribution is 2.37. The van der Waals surface area contributed by atoms with E-state index in [9.17, 15) is 4.79 Å². The second kappa shape index (κ2) is 7.15. The van der Waals surface area contributed by atoms with Crippen LogP contribution in [-0.4, -0.2) is 29.4 Å². The lowest BCUT2D eigenvalue weighted by Crippen LogP contribution is -2.14. The topological polar surface area (TPSA) is 102 Å². The van der Waals surface area contributed by atoms with Gasteiger partial charge in [-0.25, -0.2) is 0 Å². The van der Waals surface area contributed by atoms with Crippen molar-refractivity contribution in [2.75, 3.05) is 18.7 Å². The zero-order chi connectivity index (χ0) is 14.7. The molecule has 0 unspecified atom stereocenters. The summed E-state index contributed by atoms with van der Waals surface area (Å²) < 4.78 is 10.6. The largest absolute Gasteiger partial charge is 0.454 e. The first-order valence-electron chi connectivity index (χ1n) is 6.71. The Morgan fingerprint density at radius 1 is 1.36 bits per heavy atom. The molecule has 0 fully saturated rings. The number of benzene rings is 1. The number of hydrogen-bond donors (Lipinski definition) is 3. The molecule has 1 aliphatic rings. The molecule has 2 aromatic rings. The molecule has 0 aliphatic carbocycles. The number of ether oxygens (including phenoxy) is 2. The molecule has 8 heteroatoms. The number of nitrogens with zero attached hydrogens (tertiary/aromatic N) is 1. The molecule has 118 valence electrons. The van der Waals surface area contributed by atoms with Crippen molar-refractivity contribution >= 4 is 24.1 Å². The Kier molecular flexibility index (Phi) is 5.24. The van der Waals surface area contributed by atoms with Crippen molar-refractivity contribution in [2.24, 2.45) is 5.73 Å². The first-order chi connectivity index (χ1) is 10.3. The summed E-state index contributed by atoms with van der Waals surface area (Å²) in [5, 5.41) is 9.59. The van der Waals surface area contributed by atoms with Gasteiger partial charge in [-0.2, -0.15) is 5.10 Å². The van der Waals surface area contributed by atoms with E-state index in [1.807, 2.05) is 18.2 Å². The maximum absolute atomic E-state index is 11.8. The molecule has 0 saturated carbocycles. The number of aromatic nitrogens is 2. The summed E-state index contributed by atoms with van der Waals surface area (Å²) in [4.78, 5) is 11.8. The Morgan fingerprint density at radius 3 is 3.00 bits per heavy atom. The predicted octanol–water partition coefficient (Wildman–Crippen LogP) is 1.90. The fraction of sp³-hybridized carbons (Fsp3) is 0.286. The number of carbonyl (C=O) groups is 1. The Hall–Kier alpha value is -2.25. The molecule has 2 heterocycles. The number of nitrogens with one attached hydrogen (secondary N) is 2. The number of carbonyl (C=O) groups excluding carboxylic acids is 1. The van der Waals surface area contributed by atoms with Crippen LogP contribution in [0.1, 0.15) is 12.8 Å². The molecule has 22 heavy (non-hydrogen) atoms. The Bertz CT molecular complexity index is 659. The zero-order valence-corrected chi connectivity index (χ0v) is 12.6. The van der Waals surface area contributed by atoms with Gasteiger partial charge in [-0.15, -0.1) is 12.4 Å². The van der Waals surface area contributed by atoms with E-state index in [2.05, 4.69) is 15.5 Å². The molecule has 0 bridgehead atoms. The van der Waals surface area contributed by atoms with Crippen LogP contribution in [0.3, 0.4) is 0 Å². The van der Waals surface area contributed by atoms with Gasteiger partial charge >= 0.3 is 0 Å². The number of halogens is 1. The SMILES string of the molecule is Cl.NCCCC(=O)Nc1[nH]ncc1-c1ccc2c(c1)OCO2. The molecule has 3 rings (SSSR count). The van der Waals surface area contributed by atoms with E-state index in [1.54, 1.807) is 6.20 Å². The second-order valence-corrected chi connectivity index (χ2v) is 4.67. The van der Waals surface area contributed by atoms with Crippen LogP contribution in [0.15, 0.2) is 24.4 Å². The molecule has 1 aromatic carbocycles. The highest BCUT2D eigenvalue weighted by Gasteiger charge is 2.16. The molecule has 1 aromatic heterocycles. The Balaban J connectivity index is 0.00000176. The third-order valence-corrected chi connectivity index (χ3v) is 3.20. The van der Waals surface area contributed by atoms with Crippen LogP contribution in [0.5, 0.6) is 11.5 Å². The molecule has 0 saturated heterocycles. The molecular formula is C14H17ClN4O3. The maximum atomic E-state index is 11.8. The molecule has 4 N–H and O–H groups in total.